The van der Waals surface area contributed by atoms with E-state index in [1.807, 2.05) is 24.3 Å². The molecule has 3 nitrogen and oxygen atoms in total. The molecule has 0 aliphatic rings. The van der Waals surface area contributed by atoms with Crippen LogP contribution in [0.2, 0.25) is 0 Å². The minimum absolute atomic E-state index is 0.260. The summed E-state index contributed by atoms with van der Waals surface area (Å²) in [6, 6.07) is 11.1. The topological polar surface area (TPSA) is 42.2 Å². The molecule has 0 atom stereocenters. The van der Waals surface area contributed by atoms with E-state index in [1.165, 1.54) is 5.56 Å². The zero-order valence-corrected chi connectivity index (χ0v) is 11.7. The lowest BCUT2D eigenvalue weighted by molar-refractivity contribution is 0.0995. The summed E-state index contributed by atoms with van der Waals surface area (Å²) in [7, 11) is 0. The SMILES string of the molecule is CC(C)c1ccc(NC(=O)c2ccc(CCl)o2)cc1. The van der Waals surface area contributed by atoms with Gasteiger partial charge in [-0.3, -0.25) is 4.79 Å². The molecule has 1 N–H and O–H groups in total. The fourth-order valence-electron chi connectivity index (χ4n) is 1.72. The van der Waals surface area contributed by atoms with Crippen LogP contribution in [0.25, 0.3) is 0 Å². The first-order chi connectivity index (χ1) is 9.10. The fraction of sp³-hybridized carbons (Fsp3) is 0.267. The Labute approximate surface area is 117 Å². The molecule has 1 heterocycles. The van der Waals surface area contributed by atoms with Gasteiger partial charge in [-0.2, -0.15) is 0 Å². The molecule has 0 unspecified atom stereocenters. The quantitative estimate of drug-likeness (QED) is 0.842. The van der Waals surface area contributed by atoms with Crippen LogP contribution >= 0.6 is 11.6 Å². The zero-order valence-electron chi connectivity index (χ0n) is 10.9. The fourth-order valence-corrected chi connectivity index (χ4v) is 1.86. The second-order valence-corrected chi connectivity index (χ2v) is 4.90. The molecule has 0 radical (unpaired) electrons. The van der Waals surface area contributed by atoms with Crippen LogP contribution in [0.4, 0.5) is 5.69 Å². The van der Waals surface area contributed by atoms with Crippen molar-refractivity contribution in [2.45, 2.75) is 25.6 Å². The summed E-state index contributed by atoms with van der Waals surface area (Å²) >= 11 is 5.63. The molecule has 2 aromatic rings. The first-order valence-corrected chi connectivity index (χ1v) is 6.69. The van der Waals surface area contributed by atoms with E-state index in [0.717, 1.165) is 5.69 Å². The van der Waals surface area contributed by atoms with Gasteiger partial charge in [-0.05, 0) is 35.7 Å². The molecule has 0 aliphatic carbocycles. The van der Waals surface area contributed by atoms with Crippen LogP contribution in [-0.2, 0) is 5.88 Å². The largest absolute Gasteiger partial charge is 0.455 e. The first kappa shape index (κ1) is 13.7. The molecule has 0 spiro atoms. The average molecular weight is 278 g/mol. The van der Waals surface area contributed by atoms with E-state index in [2.05, 4.69) is 19.2 Å². The Kier molecular flexibility index (Phi) is 4.27. The summed E-state index contributed by atoms with van der Waals surface area (Å²) in [5.74, 6) is 1.32. The third-order valence-electron chi connectivity index (χ3n) is 2.85. The maximum atomic E-state index is 11.9. The van der Waals surface area contributed by atoms with Crippen molar-refractivity contribution in [2.75, 3.05) is 5.32 Å². The Morgan fingerprint density at radius 1 is 1.21 bits per heavy atom. The molecule has 0 aliphatic heterocycles. The molecule has 1 aromatic heterocycles. The van der Waals surface area contributed by atoms with Gasteiger partial charge < -0.3 is 9.73 Å². The molecule has 2 rings (SSSR count). The lowest BCUT2D eigenvalue weighted by Gasteiger charge is -2.07. The Hall–Kier alpha value is -1.74. The lowest BCUT2D eigenvalue weighted by Crippen LogP contribution is -2.10. The van der Waals surface area contributed by atoms with Gasteiger partial charge in [-0.1, -0.05) is 26.0 Å². The van der Waals surface area contributed by atoms with Crippen molar-refractivity contribution < 1.29 is 9.21 Å². The van der Waals surface area contributed by atoms with Crippen molar-refractivity contribution in [2.24, 2.45) is 0 Å². The molecule has 1 amide bonds. The van der Waals surface area contributed by atoms with E-state index in [0.29, 0.717) is 11.7 Å². The normalized spacial score (nSPS) is 10.7. The summed E-state index contributed by atoms with van der Waals surface area (Å²) in [6.45, 7) is 4.26. The number of benzene rings is 1. The van der Waals surface area contributed by atoms with E-state index in [-0.39, 0.29) is 17.5 Å². The molecule has 1 aromatic carbocycles. The number of alkyl halides is 1. The van der Waals surface area contributed by atoms with Crippen molar-refractivity contribution in [3.8, 4) is 0 Å². The molecule has 0 bridgehead atoms. The molecule has 4 heteroatoms. The molecule has 0 saturated carbocycles. The number of halogens is 1. The van der Waals surface area contributed by atoms with Crippen LogP contribution in [0.15, 0.2) is 40.8 Å². The van der Waals surface area contributed by atoms with Crippen molar-refractivity contribution in [3.63, 3.8) is 0 Å². The highest BCUT2D eigenvalue weighted by Crippen LogP contribution is 2.18. The number of nitrogens with one attached hydrogen (secondary N) is 1. The third kappa shape index (κ3) is 3.38. The zero-order chi connectivity index (χ0) is 13.8. The first-order valence-electron chi connectivity index (χ1n) is 6.16. The van der Waals surface area contributed by atoms with Crippen LogP contribution in [0.1, 0.15) is 41.6 Å². The van der Waals surface area contributed by atoms with Crippen molar-refractivity contribution in [1.29, 1.82) is 0 Å². The number of hydrogen-bond donors (Lipinski definition) is 1. The number of furan rings is 1. The smallest absolute Gasteiger partial charge is 0.291 e. The van der Waals surface area contributed by atoms with Crippen LogP contribution in [0.5, 0.6) is 0 Å². The number of rotatable bonds is 4. The molecule has 0 fully saturated rings. The van der Waals surface area contributed by atoms with Crippen LogP contribution < -0.4 is 5.32 Å². The minimum atomic E-state index is -0.270. The third-order valence-corrected chi connectivity index (χ3v) is 3.12. The highest BCUT2D eigenvalue weighted by molar-refractivity contribution is 6.16. The van der Waals surface area contributed by atoms with Gasteiger partial charge >= 0.3 is 0 Å². The van der Waals surface area contributed by atoms with Crippen LogP contribution in [0, 0.1) is 0 Å². The second-order valence-electron chi connectivity index (χ2n) is 4.63. The average Bonchev–Trinajstić information content (AvgIpc) is 2.88. The van der Waals surface area contributed by atoms with Gasteiger partial charge in [0.2, 0.25) is 0 Å². The number of hydrogen-bond acceptors (Lipinski definition) is 2. The number of carbonyl (C=O) groups is 1. The maximum absolute atomic E-state index is 11.9. The van der Waals surface area contributed by atoms with Crippen molar-refractivity contribution in [1.82, 2.24) is 0 Å². The Morgan fingerprint density at radius 2 is 1.89 bits per heavy atom. The van der Waals surface area contributed by atoms with Crippen molar-refractivity contribution >= 4 is 23.2 Å². The summed E-state index contributed by atoms with van der Waals surface area (Å²) in [5, 5.41) is 2.79. The standard InChI is InChI=1S/C15H16ClNO2/c1-10(2)11-3-5-12(6-4-11)17-15(18)14-8-7-13(9-16)19-14/h3-8,10H,9H2,1-2H3,(H,17,18). The Bertz CT molecular complexity index is 558. The van der Waals surface area contributed by atoms with Gasteiger partial charge in [-0.15, -0.1) is 11.6 Å². The van der Waals surface area contributed by atoms with Gasteiger partial charge in [0.1, 0.15) is 5.76 Å². The second kappa shape index (κ2) is 5.93. The molecular formula is C15H16ClNO2. The highest BCUT2D eigenvalue weighted by Gasteiger charge is 2.11. The predicted molar refractivity (Wildman–Crippen MR) is 76.7 cm³/mol. The lowest BCUT2D eigenvalue weighted by atomic mass is 10.0. The summed E-state index contributed by atoms with van der Waals surface area (Å²) in [5.41, 5.74) is 1.98. The molecule has 100 valence electrons. The maximum Gasteiger partial charge on any atom is 0.291 e. The van der Waals surface area contributed by atoms with Gasteiger partial charge in [0.25, 0.3) is 5.91 Å². The van der Waals surface area contributed by atoms with Crippen LogP contribution in [-0.4, -0.2) is 5.91 Å². The summed E-state index contributed by atoms with van der Waals surface area (Å²) in [4.78, 5) is 11.9. The molecule has 0 saturated heterocycles. The Morgan fingerprint density at radius 3 is 2.42 bits per heavy atom. The van der Waals surface area contributed by atoms with E-state index >= 15 is 0 Å². The summed E-state index contributed by atoms with van der Waals surface area (Å²) in [6.07, 6.45) is 0. The van der Waals surface area contributed by atoms with Gasteiger partial charge in [0.15, 0.2) is 5.76 Å². The van der Waals surface area contributed by atoms with E-state index in [1.54, 1.807) is 12.1 Å². The summed E-state index contributed by atoms with van der Waals surface area (Å²) < 4.78 is 5.28. The highest BCUT2D eigenvalue weighted by atomic mass is 35.5. The molecule has 19 heavy (non-hydrogen) atoms. The molecular weight excluding hydrogens is 262 g/mol. The van der Waals surface area contributed by atoms with E-state index < -0.39 is 0 Å². The van der Waals surface area contributed by atoms with Crippen molar-refractivity contribution in [3.05, 3.63) is 53.5 Å². The monoisotopic (exact) mass is 277 g/mol. The number of carbonyl (C=O) groups excluding carboxylic acids is 1. The minimum Gasteiger partial charge on any atom is -0.455 e. The van der Waals surface area contributed by atoms with E-state index in [9.17, 15) is 4.79 Å². The van der Waals surface area contributed by atoms with E-state index in [4.69, 9.17) is 16.0 Å². The van der Waals surface area contributed by atoms with Gasteiger partial charge in [-0.25, -0.2) is 0 Å². The van der Waals surface area contributed by atoms with Crippen LogP contribution in [0.3, 0.4) is 0 Å². The predicted octanol–water partition coefficient (Wildman–Crippen LogP) is 4.39. The van der Waals surface area contributed by atoms with Gasteiger partial charge in [0, 0.05) is 5.69 Å². The number of anilines is 1. The Balaban J connectivity index is 2.06. The number of amides is 1. The van der Waals surface area contributed by atoms with Gasteiger partial charge in [0.05, 0.1) is 5.88 Å².